The molecule has 1 amide bonds. The fraction of sp³-hybridized carbons (Fsp3) is 0.105. The van der Waals surface area contributed by atoms with Crippen LogP contribution >= 0.6 is 18.9 Å². The van der Waals surface area contributed by atoms with Crippen molar-refractivity contribution in [2.75, 3.05) is 18.2 Å². The Labute approximate surface area is 161 Å². The normalized spacial score (nSPS) is 13.1. The first-order valence-corrected chi connectivity index (χ1v) is 10.7. The minimum absolute atomic E-state index is 0.110. The highest BCUT2D eigenvalue weighted by atomic mass is 32.1. The molecule has 6 nitrogen and oxygen atoms in total. The maximum atomic E-state index is 12.5. The van der Waals surface area contributed by atoms with E-state index in [-0.39, 0.29) is 12.1 Å². The van der Waals surface area contributed by atoms with Crippen LogP contribution in [0.4, 0.5) is 11.4 Å². The molecule has 0 bridgehead atoms. The zero-order chi connectivity index (χ0) is 19.4. The number of hydrogen-bond acceptors (Lipinski definition) is 5. The van der Waals surface area contributed by atoms with Gasteiger partial charge in [-0.05, 0) is 46.8 Å². The average molecular weight is 402 g/mol. The Kier molecular flexibility index (Phi) is 5.77. The average Bonchev–Trinajstić information content (AvgIpc) is 3.18. The molecule has 1 heterocycles. The van der Waals surface area contributed by atoms with Crippen LogP contribution in [0.5, 0.6) is 0 Å². The van der Waals surface area contributed by atoms with Gasteiger partial charge in [-0.1, -0.05) is 24.3 Å². The minimum Gasteiger partial charge on any atom is -0.397 e. The van der Waals surface area contributed by atoms with E-state index < -0.39 is 7.60 Å². The molecule has 27 heavy (non-hydrogen) atoms. The SMILES string of the molecule is COP(=O)(O)Cc1ccc(C(=O)Nc2cc(-c3cccs3)ccc2N)cc1. The number of nitrogens with two attached hydrogens (primary N) is 1. The smallest absolute Gasteiger partial charge is 0.332 e. The molecule has 140 valence electrons. The number of nitrogens with one attached hydrogen (secondary N) is 1. The van der Waals surface area contributed by atoms with Gasteiger partial charge in [0.05, 0.1) is 17.5 Å². The lowest BCUT2D eigenvalue weighted by Crippen LogP contribution is -2.13. The van der Waals surface area contributed by atoms with E-state index in [0.29, 0.717) is 22.5 Å². The molecule has 0 aliphatic carbocycles. The summed E-state index contributed by atoms with van der Waals surface area (Å²) in [6, 6.07) is 15.9. The summed E-state index contributed by atoms with van der Waals surface area (Å²) in [5, 5.41) is 4.81. The fourth-order valence-corrected chi connectivity index (χ4v) is 4.04. The zero-order valence-corrected chi connectivity index (χ0v) is 16.3. The van der Waals surface area contributed by atoms with Crippen LogP contribution in [0.25, 0.3) is 10.4 Å². The summed E-state index contributed by atoms with van der Waals surface area (Å²) in [7, 11) is -2.45. The van der Waals surface area contributed by atoms with E-state index in [2.05, 4.69) is 9.84 Å². The lowest BCUT2D eigenvalue weighted by molar-refractivity contribution is 0.102. The van der Waals surface area contributed by atoms with Gasteiger partial charge in [0.2, 0.25) is 0 Å². The standard InChI is InChI=1S/C19H19N2O4PS/c1-25-26(23,24)12-13-4-6-14(7-5-13)19(22)21-17-11-15(8-9-16(17)20)18-3-2-10-27-18/h2-11H,12,20H2,1H3,(H,21,22)(H,23,24). The molecule has 2 aromatic carbocycles. The van der Waals surface area contributed by atoms with Gasteiger partial charge >= 0.3 is 7.60 Å². The Morgan fingerprint density at radius 1 is 1.22 bits per heavy atom. The number of carbonyl (C=O) groups is 1. The van der Waals surface area contributed by atoms with Crippen LogP contribution in [0.15, 0.2) is 60.0 Å². The molecule has 3 rings (SSSR count). The maximum Gasteiger partial charge on any atom is 0.332 e. The van der Waals surface area contributed by atoms with Crippen LogP contribution in [0.1, 0.15) is 15.9 Å². The molecule has 8 heteroatoms. The predicted octanol–water partition coefficient (Wildman–Crippen LogP) is 4.58. The van der Waals surface area contributed by atoms with Crippen LogP contribution in [0, 0.1) is 0 Å². The van der Waals surface area contributed by atoms with Crippen molar-refractivity contribution in [3.8, 4) is 10.4 Å². The largest absolute Gasteiger partial charge is 0.397 e. The van der Waals surface area contributed by atoms with Gasteiger partial charge in [0.1, 0.15) is 0 Å². The van der Waals surface area contributed by atoms with Gasteiger partial charge in [-0.15, -0.1) is 11.3 Å². The van der Waals surface area contributed by atoms with E-state index in [9.17, 15) is 14.3 Å². The summed E-state index contributed by atoms with van der Waals surface area (Å²) in [6.45, 7) is 0. The lowest BCUT2D eigenvalue weighted by atomic mass is 10.1. The second-order valence-electron chi connectivity index (χ2n) is 5.91. The van der Waals surface area contributed by atoms with Crippen LogP contribution in [-0.4, -0.2) is 17.9 Å². The number of thiophene rings is 1. The number of anilines is 2. The second kappa shape index (κ2) is 8.06. The third-order valence-corrected chi connectivity index (χ3v) is 6.25. The topological polar surface area (TPSA) is 102 Å². The summed E-state index contributed by atoms with van der Waals surface area (Å²) in [4.78, 5) is 23.1. The van der Waals surface area contributed by atoms with Crippen molar-refractivity contribution in [1.29, 1.82) is 0 Å². The van der Waals surface area contributed by atoms with Crippen LogP contribution in [0.2, 0.25) is 0 Å². The number of benzene rings is 2. The van der Waals surface area contributed by atoms with Gasteiger partial charge in [0.15, 0.2) is 0 Å². The Morgan fingerprint density at radius 2 is 1.96 bits per heavy atom. The van der Waals surface area contributed by atoms with Gasteiger partial charge < -0.3 is 20.5 Å². The minimum atomic E-state index is -3.64. The highest BCUT2D eigenvalue weighted by molar-refractivity contribution is 7.51. The summed E-state index contributed by atoms with van der Waals surface area (Å²) in [5.41, 5.74) is 9.01. The van der Waals surface area contributed by atoms with E-state index in [1.165, 1.54) is 7.11 Å². The molecule has 3 aromatic rings. The molecule has 0 saturated heterocycles. The van der Waals surface area contributed by atoms with Crippen molar-refractivity contribution in [3.63, 3.8) is 0 Å². The van der Waals surface area contributed by atoms with Crippen molar-refractivity contribution >= 4 is 36.2 Å². The fourth-order valence-electron chi connectivity index (χ4n) is 2.51. The Bertz CT molecular complexity index is 987. The molecular weight excluding hydrogens is 383 g/mol. The van der Waals surface area contributed by atoms with Crippen molar-refractivity contribution in [1.82, 2.24) is 0 Å². The van der Waals surface area contributed by atoms with Crippen LogP contribution < -0.4 is 11.1 Å². The number of amides is 1. The van der Waals surface area contributed by atoms with E-state index in [0.717, 1.165) is 10.4 Å². The van der Waals surface area contributed by atoms with E-state index in [4.69, 9.17) is 5.73 Å². The predicted molar refractivity (Wildman–Crippen MR) is 109 cm³/mol. The summed E-state index contributed by atoms with van der Waals surface area (Å²) >= 11 is 1.61. The zero-order valence-electron chi connectivity index (χ0n) is 14.6. The Balaban J connectivity index is 1.76. The van der Waals surface area contributed by atoms with Gasteiger partial charge in [0, 0.05) is 17.6 Å². The molecule has 4 N–H and O–H groups in total. The van der Waals surface area contributed by atoms with Gasteiger partial charge in [-0.3, -0.25) is 9.36 Å². The number of nitrogen functional groups attached to an aromatic ring is 1. The molecule has 1 atom stereocenters. The Hall–Kier alpha value is -2.44. The molecule has 0 radical (unpaired) electrons. The van der Waals surface area contributed by atoms with Crippen LogP contribution in [-0.2, 0) is 15.3 Å². The highest BCUT2D eigenvalue weighted by Crippen LogP contribution is 2.44. The number of rotatable bonds is 6. The van der Waals surface area contributed by atoms with Crippen LogP contribution in [0.3, 0.4) is 0 Å². The third-order valence-electron chi connectivity index (χ3n) is 3.99. The van der Waals surface area contributed by atoms with Gasteiger partial charge in [0.25, 0.3) is 5.91 Å². The van der Waals surface area contributed by atoms with Gasteiger partial charge in [-0.25, -0.2) is 0 Å². The van der Waals surface area contributed by atoms with Crippen molar-refractivity contribution in [3.05, 3.63) is 71.1 Å². The molecule has 0 saturated carbocycles. The van der Waals surface area contributed by atoms with E-state index in [1.807, 2.05) is 29.6 Å². The monoisotopic (exact) mass is 402 g/mol. The quantitative estimate of drug-likeness (QED) is 0.414. The van der Waals surface area contributed by atoms with Crippen molar-refractivity contribution in [2.45, 2.75) is 6.16 Å². The first-order valence-electron chi connectivity index (χ1n) is 8.09. The Morgan fingerprint density at radius 3 is 2.59 bits per heavy atom. The van der Waals surface area contributed by atoms with Crippen molar-refractivity contribution in [2.24, 2.45) is 0 Å². The highest BCUT2D eigenvalue weighted by Gasteiger charge is 2.18. The lowest BCUT2D eigenvalue weighted by Gasteiger charge is -2.11. The molecular formula is C19H19N2O4PS. The molecule has 0 aliphatic rings. The first kappa shape index (κ1) is 19.3. The molecule has 0 fully saturated rings. The summed E-state index contributed by atoms with van der Waals surface area (Å²) in [6.07, 6.45) is -0.110. The second-order valence-corrected chi connectivity index (χ2v) is 8.81. The third kappa shape index (κ3) is 4.84. The van der Waals surface area contributed by atoms with Gasteiger partial charge in [-0.2, -0.15) is 0 Å². The molecule has 1 aromatic heterocycles. The number of carbonyl (C=O) groups excluding carboxylic acids is 1. The molecule has 0 spiro atoms. The number of hydrogen-bond donors (Lipinski definition) is 3. The maximum absolute atomic E-state index is 12.5. The van der Waals surface area contributed by atoms with E-state index in [1.54, 1.807) is 41.7 Å². The summed E-state index contributed by atoms with van der Waals surface area (Å²) in [5.74, 6) is -0.310. The summed E-state index contributed by atoms with van der Waals surface area (Å²) < 4.78 is 16.2. The van der Waals surface area contributed by atoms with Crippen molar-refractivity contribution < 1.29 is 18.8 Å². The first-order chi connectivity index (χ1) is 12.9. The van der Waals surface area contributed by atoms with E-state index >= 15 is 0 Å². The molecule has 0 aliphatic heterocycles. The molecule has 1 unspecified atom stereocenters.